The molecular weight excluding hydrogens is 443 g/mol. The third-order valence-electron chi connectivity index (χ3n) is 4.55. The number of sulfonamides is 1. The molecule has 3 N–H and O–H groups in total. The van der Waals surface area contributed by atoms with Gasteiger partial charge in [0.05, 0.1) is 15.9 Å². The molecule has 10 heteroatoms. The number of halogens is 3. The maximum atomic E-state index is 12.2. The van der Waals surface area contributed by atoms with Crippen molar-refractivity contribution in [3.63, 3.8) is 0 Å². The molecule has 0 atom stereocenters. The van der Waals surface area contributed by atoms with E-state index in [-0.39, 0.29) is 10.6 Å². The van der Waals surface area contributed by atoms with E-state index in [9.17, 15) is 21.6 Å². The molecule has 4 rings (SSSR count). The molecule has 0 saturated carbocycles. The Balaban J connectivity index is 1.59. The maximum Gasteiger partial charge on any atom is 0.573 e. The number of aromatic nitrogens is 2. The van der Waals surface area contributed by atoms with Crippen molar-refractivity contribution in [2.45, 2.75) is 11.3 Å². The van der Waals surface area contributed by atoms with Gasteiger partial charge in [-0.25, -0.2) is 18.5 Å². The largest absolute Gasteiger partial charge is 0.573 e. The number of aromatic amines is 1. The summed E-state index contributed by atoms with van der Waals surface area (Å²) in [5, 5.41) is 5.32. The number of H-pyrrole nitrogens is 1. The molecule has 0 unspecified atom stereocenters. The number of primary sulfonamides is 1. The summed E-state index contributed by atoms with van der Waals surface area (Å²) in [6, 6.07) is 17.1. The van der Waals surface area contributed by atoms with Gasteiger partial charge in [0.2, 0.25) is 10.0 Å². The summed E-state index contributed by atoms with van der Waals surface area (Å²) in [6.07, 6.45) is -1.37. The highest BCUT2D eigenvalue weighted by molar-refractivity contribution is 7.89. The van der Waals surface area contributed by atoms with Gasteiger partial charge in [-0.1, -0.05) is 42.5 Å². The van der Waals surface area contributed by atoms with Gasteiger partial charge in [0.25, 0.3) is 0 Å². The van der Waals surface area contributed by atoms with Gasteiger partial charge >= 0.3 is 6.36 Å². The minimum absolute atomic E-state index is 0.0213. The lowest BCUT2D eigenvalue weighted by Gasteiger charge is -2.08. The average Bonchev–Trinajstić information content (AvgIpc) is 3.14. The van der Waals surface area contributed by atoms with Crippen molar-refractivity contribution in [3.05, 3.63) is 78.1 Å². The number of alkyl halides is 3. The molecule has 0 aliphatic rings. The summed E-state index contributed by atoms with van der Waals surface area (Å²) in [6.45, 7) is 0. The van der Waals surface area contributed by atoms with Crippen LogP contribution >= 0.6 is 0 Å². The molecule has 0 saturated heterocycles. The predicted octanol–water partition coefficient (Wildman–Crippen LogP) is 4.95. The van der Waals surface area contributed by atoms with Crippen LogP contribution in [-0.4, -0.2) is 24.7 Å². The quantitative estimate of drug-likeness (QED) is 0.441. The van der Waals surface area contributed by atoms with E-state index >= 15 is 0 Å². The van der Waals surface area contributed by atoms with Crippen molar-refractivity contribution < 1.29 is 26.3 Å². The minimum Gasteiger partial charge on any atom is -0.406 e. The molecule has 32 heavy (non-hydrogen) atoms. The molecule has 1 aromatic heterocycles. The van der Waals surface area contributed by atoms with E-state index in [0.717, 1.165) is 5.52 Å². The molecule has 4 aromatic rings. The van der Waals surface area contributed by atoms with Crippen molar-refractivity contribution in [3.8, 4) is 16.9 Å². The van der Waals surface area contributed by atoms with Crippen LogP contribution in [0.3, 0.4) is 0 Å². The molecule has 0 aliphatic heterocycles. The lowest BCUT2D eigenvalue weighted by molar-refractivity contribution is -0.274. The zero-order valence-corrected chi connectivity index (χ0v) is 17.1. The van der Waals surface area contributed by atoms with Crippen molar-refractivity contribution >= 4 is 33.2 Å². The van der Waals surface area contributed by atoms with Crippen molar-refractivity contribution in [2.24, 2.45) is 5.14 Å². The molecular formula is C22H16F3N3O3S. The summed E-state index contributed by atoms with van der Waals surface area (Å²) in [7, 11) is -3.89. The Kier molecular flexibility index (Phi) is 5.49. The molecule has 3 aromatic carbocycles. The Morgan fingerprint density at radius 3 is 2.38 bits per heavy atom. The summed E-state index contributed by atoms with van der Waals surface area (Å²) < 4.78 is 64.4. The summed E-state index contributed by atoms with van der Waals surface area (Å²) in [4.78, 5) is 7.61. The van der Waals surface area contributed by atoms with E-state index in [0.29, 0.717) is 28.0 Å². The van der Waals surface area contributed by atoms with Gasteiger partial charge in [-0.3, -0.25) is 0 Å². The summed E-state index contributed by atoms with van der Waals surface area (Å²) >= 11 is 0. The molecule has 1 heterocycles. The zero-order valence-electron chi connectivity index (χ0n) is 16.3. The van der Waals surface area contributed by atoms with Crippen LogP contribution in [0, 0.1) is 0 Å². The van der Waals surface area contributed by atoms with Gasteiger partial charge in [-0.2, -0.15) is 0 Å². The van der Waals surface area contributed by atoms with Gasteiger partial charge in [0, 0.05) is 5.56 Å². The molecule has 0 bridgehead atoms. The Morgan fingerprint density at radius 1 is 0.969 bits per heavy atom. The number of nitrogens with two attached hydrogens (primary N) is 1. The van der Waals surface area contributed by atoms with Crippen LogP contribution in [0.25, 0.3) is 34.3 Å². The first-order valence-corrected chi connectivity index (χ1v) is 10.8. The molecule has 0 radical (unpaired) electrons. The third-order valence-corrected chi connectivity index (χ3v) is 5.52. The first-order valence-electron chi connectivity index (χ1n) is 9.24. The minimum atomic E-state index is -4.74. The van der Waals surface area contributed by atoms with Crippen molar-refractivity contribution in [1.29, 1.82) is 0 Å². The zero-order chi connectivity index (χ0) is 22.9. The molecule has 164 valence electrons. The van der Waals surface area contributed by atoms with Crippen molar-refractivity contribution in [2.75, 3.05) is 0 Å². The average molecular weight is 459 g/mol. The van der Waals surface area contributed by atoms with Crippen LogP contribution in [0.4, 0.5) is 13.2 Å². The van der Waals surface area contributed by atoms with E-state index in [4.69, 9.17) is 5.14 Å². The Labute approximate surface area is 181 Å². The second-order valence-corrected chi connectivity index (χ2v) is 8.38. The van der Waals surface area contributed by atoms with Crippen LogP contribution < -0.4 is 9.88 Å². The summed E-state index contributed by atoms with van der Waals surface area (Å²) in [5.41, 5.74) is 3.11. The predicted molar refractivity (Wildman–Crippen MR) is 115 cm³/mol. The topological polar surface area (TPSA) is 98.1 Å². The highest BCUT2D eigenvalue weighted by Gasteiger charge is 2.30. The SMILES string of the molecule is NS(=O)(=O)c1ccccc1-c1ccc2[nH]c(C=Cc3ccc(OC(F)(F)F)cc3)nc2c1. The van der Waals surface area contributed by atoms with Crippen molar-refractivity contribution in [1.82, 2.24) is 9.97 Å². The van der Waals surface area contributed by atoms with Gasteiger partial charge in [-0.15, -0.1) is 13.2 Å². The molecule has 0 aliphatic carbocycles. The number of benzene rings is 3. The smallest absolute Gasteiger partial charge is 0.406 e. The van der Waals surface area contributed by atoms with E-state index < -0.39 is 16.4 Å². The van der Waals surface area contributed by atoms with Crippen LogP contribution in [0.2, 0.25) is 0 Å². The van der Waals surface area contributed by atoms with Gasteiger partial charge < -0.3 is 9.72 Å². The number of hydrogen-bond acceptors (Lipinski definition) is 4. The molecule has 0 fully saturated rings. The fourth-order valence-electron chi connectivity index (χ4n) is 3.18. The summed E-state index contributed by atoms with van der Waals surface area (Å²) in [5.74, 6) is 0.221. The molecule has 6 nitrogen and oxygen atoms in total. The highest BCUT2D eigenvalue weighted by Crippen LogP contribution is 2.29. The fourth-order valence-corrected chi connectivity index (χ4v) is 3.94. The normalized spacial score (nSPS) is 12.5. The first kappa shape index (κ1) is 21.6. The number of nitrogens with zero attached hydrogens (tertiary/aromatic N) is 1. The fraction of sp³-hybridized carbons (Fsp3) is 0.0455. The number of nitrogens with one attached hydrogen (secondary N) is 1. The standard InChI is InChI=1S/C22H16F3N3O3S/c23-22(24,25)31-16-9-5-14(6-10-16)7-12-21-27-18-11-8-15(13-19(18)28-21)17-3-1-2-4-20(17)32(26,29)30/h1-13H,(H,27,28)(H2,26,29,30). The molecule has 0 amide bonds. The van der Waals surface area contributed by atoms with Crippen LogP contribution in [0.5, 0.6) is 5.75 Å². The number of fused-ring (bicyclic) bond motifs is 1. The van der Waals surface area contributed by atoms with Crippen LogP contribution in [0.1, 0.15) is 11.4 Å². The Bertz CT molecular complexity index is 1410. The lowest BCUT2D eigenvalue weighted by atomic mass is 10.1. The lowest BCUT2D eigenvalue weighted by Crippen LogP contribution is -2.16. The van der Waals surface area contributed by atoms with Gasteiger partial charge in [0.1, 0.15) is 11.6 Å². The van der Waals surface area contributed by atoms with Crippen LogP contribution in [-0.2, 0) is 10.0 Å². The van der Waals surface area contributed by atoms with Gasteiger partial charge in [0.15, 0.2) is 0 Å². The van der Waals surface area contributed by atoms with E-state index in [1.165, 1.54) is 30.3 Å². The Morgan fingerprint density at radius 2 is 1.69 bits per heavy atom. The van der Waals surface area contributed by atoms with Gasteiger partial charge in [-0.05, 0) is 47.5 Å². The Hall–Kier alpha value is -3.63. The third kappa shape index (κ3) is 4.98. The number of rotatable bonds is 5. The van der Waals surface area contributed by atoms with E-state index in [2.05, 4.69) is 14.7 Å². The van der Waals surface area contributed by atoms with E-state index in [1.807, 2.05) is 0 Å². The van der Waals surface area contributed by atoms with Crippen LogP contribution in [0.15, 0.2) is 71.6 Å². The van der Waals surface area contributed by atoms with E-state index in [1.54, 1.807) is 48.6 Å². The maximum absolute atomic E-state index is 12.2. The monoisotopic (exact) mass is 459 g/mol. The second-order valence-electron chi connectivity index (χ2n) is 6.85. The second kappa shape index (κ2) is 8.13. The highest BCUT2D eigenvalue weighted by atomic mass is 32.2. The number of imidazole rings is 1. The molecule has 0 spiro atoms. The number of ether oxygens (including phenoxy) is 1. The first-order chi connectivity index (χ1) is 15.1. The number of hydrogen-bond donors (Lipinski definition) is 2.